The second-order valence-electron chi connectivity index (χ2n) is 16.5. The van der Waals surface area contributed by atoms with Gasteiger partial charge in [0.05, 0.1) is 0 Å². The first-order chi connectivity index (χ1) is 32.1. The number of hydrogen-bond donors (Lipinski definition) is 0. The molecule has 0 aliphatic rings. The SMILES string of the molecule is Cc1c(-c2cccc(-c3ccc(-c4ccc(N(c5ccc(-c6ccc(-c7ccccc7)cc6)cc5)c5ccc(-c6ccccc6-c6ccccc6)cc5)cc4)cc3)c2)oc2ccccc12. The fraction of sp³-hybridized carbons (Fsp3) is 0.0159. The zero-order valence-corrected chi connectivity index (χ0v) is 36.1. The van der Waals surface area contributed by atoms with E-state index >= 15 is 0 Å². The van der Waals surface area contributed by atoms with Crippen molar-refractivity contribution < 1.29 is 4.42 Å². The predicted octanol–water partition coefficient (Wildman–Crippen LogP) is 17.9. The van der Waals surface area contributed by atoms with Crippen molar-refractivity contribution in [1.29, 1.82) is 0 Å². The summed E-state index contributed by atoms with van der Waals surface area (Å²) in [6.45, 7) is 2.14. The van der Waals surface area contributed by atoms with E-state index in [0.29, 0.717) is 0 Å². The van der Waals surface area contributed by atoms with Crippen molar-refractivity contribution in [2.45, 2.75) is 6.92 Å². The number of para-hydroxylation sites is 1. The fourth-order valence-electron chi connectivity index (χ4n) is 9.08. The van der Waals surface area contributed by atoms with Gasteiger partial charge in [0.25, 0.3) is 0 Å². The van der Waals surface area contributed by atoms with Crippen LogP contribution in [0.15, 0.2) is 259 Å². The van der Waals surface area contributed by atoms with E-state index in [0.717, 1.165) is 56.0 Å². The molecule has 0 amide bonds. The molecule has 0 atom stereocenters. The zero-order chi connectivity index (χ0) is 43.5. The lowest BCUT2D eigenvalue weighted by Crippen LogP contribution is -2.09. The molecule has 1 heterocycles. The Morgan fingerprint density at radius 3 is 1.11 bits per heavy atom. The van der Waals surface area contributed by atoms with Crippen LogP contribution in [0.4, 0.5) is 17.1 Å². The molecule has 11 aromatic rings. The molecule has 0 N–H and O–H groups in total. The van der Waals surface area contributed by atoms with E-state index in [-0.39, 0.29) is 0 Å². The molecule has 11 rings (SSSR count). The summed E-state index contributed by atoms with van der Waals surface area (Å²) in [4.78, 5) is 2.35. The molecule has 0 bridgehead atoms. The number of fused-ring (bicyclic) bond motifs is 1. The summed E-state index contributed by atoms with van der Waals surface area (Å²) >= 11 is 0. The van der Waals surface area contributed by atoms with E-state index in [4.69, 9.17) is 4.42 Å². The van der Waals surface area contributed by atoms with Crippen molar-refractivity contribution in [3.05, 3.63) is 260 Å². The number of rotatable bonds is 10. The summed E-state index contributed by atoms with van der Waals surface area (Å²) in [7, 11) is 0. The molecule has 65 heavy (non-hydrogen) atoms. The summed E-state index contributed by atoms with van der Waals surface area (Å²) in [5, 5.41) is 1.16. The first-order valence-electron chi connectivity index (χ1n) is 22.2. The second kappa shape index (κ2) is 17.4. The number of nitrogens with zero attached hydrogens (tertiary/aromatic N) is 1. The van der Waals surface area contributed by atoms with Gasteiger partial charge in [-0.15, -0.1) is 0 Å². The van der Waals surface area contributed by atoms with Crippen LogP contribution in [0.5, 0.6) is 0 Å². The van der Waals surface area contributed by atoms with Crippen LogP contribution in [0, 0.1) is 6.92 Å². The number of benzene rings is 10. The van der Waals surface area contributed by atoms with E-state index in [2.05, 4.69) is 254 Å². The Morgan fingerprint density at radius 2 is 0.615 bits per heavy atom. The lowest BCUT2D eigenvalue weighted by molar-refractivity contribution is 0.629. The fourth-order valence-corrected chi connectivity index (χ4v) is 9.08. The number of hydrogen-bond acceptors (Lipinski definition) is 2. The van der Waals surface area contributed by atoms with Crippen LogP contribution in [0.2, 0.25) is 0 Å². The standard InChI is InChI=1S/C63H45NO/c1-44-59-19-10-11-22-62(59)65-63(44)55-18-12-17-54(43-55)51-29-27-48(28-30-51)50-33-39-57(40-34-50)64(56-37-31-49(32-38-56)47-25-23-46(24-26-47)45-13-4-2-5-14-45)58-41-35-53(36-42-58)61-21-9-8-20-60(61)52-15-6-3-7-16-52/h2-43H,1H3. The molecule has 0 radical (unpaired) electrons. The van der Waals surface area contributed by atoms with Crippen molar-refractivity contribution in [1.82, 2.24) is 0 Å². The third-order valence-electron chi connectivity index (χ3n) is 12.5. The third kappa shape index (κ3) is 7.95. The molecular formula is C63H45NO. The molecule has 10 aromatic carbocycles. The van der Waals surface area contributed by atoms with Crippen molar-refractivity contribution in [3.63, 3.8) is 0 Å². The average molecular weight is 832 g/mol. The molecule has 0 aliphatic carbocycles. The van der Waals surface area contributed by atoms with Gasteiger partial charge in [-0.2, -0.15) is 0 Å². The molecule has 308 valence electrons. The van der Waals surface area contributed by atoms with Gasteiger partial charge < -0.3 is 9.32 Å². The van der Waals surface area contributed by atoms with Gasteiger partial charge in [0.2, 0.25) is 0 Å². The zero-order valence-electron chi connectivity index (χ0n) is 36.1. The van der Waals surface area contributed by atoms with Gasteiger partial charge in [-0.3, -0.25) is 0 Å². The molecule has 0 saturated heterocycles. The minimum atomic E-state index is 0.918. The molecule has 0 fully saturated rings. The molecule has 2 nitrogen and oxygen atoms in total. The van der Waals surface area contributed by atoms with E-state index in [1.165, 1.54) is 55.6 Å². The normalized spacial score (nSPS) is 11.2. The van der Waals surface area contributed by atoms with Crippen LogP contribution in [0.1, 0.15) is 5.56 Å². The van der Waals surface area contributed by atoms with Crippen LogP contribution in [0.3, 0.4) is 0 Å². The Labute approximate surface area is 381 Å². The molecule has 0 unspecified atom stereocenters. The van der Waals surface area contributed by atoms with Gasteiger partial charge in [-0.25, -0.2) is 0 Å². The Hall–Kier alpha value is -8.46. The predicted molar refractivity (Wildman–Crippen MR) is 274 cm³/mol. The Kier molecular flexibility index (Phi) is 10.5. The summed E-state index contributed by atoms with van der Waals surface area (Å²) < 4.78 is 6.31. The van der Waals surface area contributed by atoms with Crippen molar-refractivity contribution in [3.8, 4) is 78.1 Å². The topological polar surface area (TPSA) is 16.4 Å². The summed E-state index contributed by atoms with van der Waals surface area (Å²) in [5.74, 6) is 0.924. The molecule has 0 aliphatic heterocycles. The molecule has 0 saturated carbocycles. The molecule has 0 spiro atoms. The number of aryl methyl sites for hydroxylation is 1. The van der Waals surface area contributed by atoms with Crippen molar-refractivity contribution in [2.24, 2.45) is 0 Å². The van der Waals surface area contributed by atoms with E-state index in [1.54, 1.807) is 0 Å². The first-order valence-corrected chi connectivity index (χ1v) is 22.2. The molecule has 2 heteroatoms. The van der Waals surface area contributed by atoms with Gasteiger partial charge in [0.1, 0.15) is 11.3 Å². The van der Waals surface area contributed by atoms with Crippen LogP contribution in [-0.2, 0) is 0 Å². The maximum Gasteiger partial charge on any atom is 0.138 e. The maximum absolute atomic E-state index is 6.31. The minimum absolute atomic E-state index is 0.918. The summed E-state index contributed by atoms with van der Waals surface area (Å²) in [6.07, 6.45) is 0. The van der Waals surface area contributed by atoms with E-state index in [1.807, 2.05) is 12.1 Å². The van der Waals surface area contributed by atoms with Gasteiger partial charge in [-0.05, 0) is 122 Å². The molecular weight excluding hydrogens is 787 g/mol. The Morgan fingerprint density at radius 1 is 0.277 bits per heavy atom. The van der Waals surface area contributed by atoms with E-state index in [9.17, 15) is 0 Å². The summed E-state index contributed by atoms with van der Waals surface area (Å²) in [6, 6.07) is 91.3. The second-order valence-corrected chi connectivity index (χ2v) is 16.5. The smallest absolute Gasteiger partial charge is 0.138 e. The highest BCUT2D eigenvalue weighted by molar-refractivity contribution is 5.89. The Bertz CT molecular complexity index is 3370. The monoisotopic (exact) mass is 831 g/mol. The van der Waals surface area contributed by atoms with Crippen LogP contribution in [-0.4, -0.2) is 0 Å². The van der Waals surface area contributed by atoms with E-state index < -0.39 is 0 Å². The highest BCUT2D eigenvalue weighted by Gasteiger charge is 2.16. The van der Waals surface area contributed by atoms with Gasteiger partial charge in [0, 0.05) is 33.6 Å². The average Bonchev–Trinajstić information content (AvgIpc) is 3.73. The summed E-state index contributed by atoms with van der Waals surface area (Å²) in [5.41, 5.74) is 20.7. The minimum Gasteiger partial charge on any atom is -0.456 e. The quantitative estimate of drug-likeness (QED) is 0.136. The lowest BCUT2D eigenvalue weighted by atomic mass is 9.94. The van der Waals surface area contributed by atoms with Gasteiger partial charge in [-0.1, -0.05) is 206 Å². The van der Waals surface area contributed by atoms with Crippen molar-refractivity contribution >= 4 is 28.0 Å². The van der Waals surface area contributed by atoms with Crippen LogP contribution >= 0.6 is 0 Å². The third-order valence-corrected chi connectivity index (χ3v) is 12.5. The molecule has 1 aromatic heterocycles. The largest absolute Gasteiger partial charge is 0.456 e. The van der Waals surface area contributed by atoms with Gasteiger partial charge >= 0.3 is 0 Å². The van der Waals surface area contributed by atoms with Crippen LogP contribution < -0.4 is 4.90 Å². The highest BCUT2D eigenvalue weighted by Crippen LogP contribution is 2.40. The first kappa shape index (κ1) is 39.4. The van der Waals surface area contributed by atoms with Gasteiger partial charge in [0.15, 0.2) is 0 Å². The van der Waals surface area contributed by atoms with Crippen LogP contribution in [0.25, 0.3) is 89.1 Å². The maximum atomic E-state index is 6.31. The highest BCUT2D eigenvalue weighted by atomic mass is 16.3. The van der Waals surface area contributed by atoms with Crippen molar-refractivity contribution in [2.75, 3.05) is 4.90 Å². The Balaban J connectivity index is 0.894. The number of furan rings is 1. The lowest BCUT2D eigenvalue weighted by Gasteiger charge is -2.26. The number of anilines is 3.